The lowest BCUT2D eigenvalue weighted by atomic mass is 9.94. The Labute approximate surface area is 125 Å². The average Bonchev–Trinajstić information content (AvgIpc) is 2.39. The normalized spacial score (nSPS) is 12.8. The van der Waals surface area contributed by atoms with Crippen molar-refractivity contribution in [2.45, 2.75) is 38.6 Å². The first-order valence-corrected chi connectivity index (χ1v) is 7.05. The molecule has 116 valence electrons. The number of benzene rings is 1. The van der Waals surface area contributed by atoms with E-state index in [0.717, 1.165) is 5.56 Å². The van der Waals surface area contributed by atoms with Gasteiger partial charge in [0.1, 0.15) is 0 Å². The monoisotopic (exact) mass is 292 g/mol. The molecular formula is C16H24N2O3. The van der Waals surface area contributed by atoms with Crippen LogP contribution in [0, 0.1) is 0 Å². The zero-order chi connectivity index (χ0) is 16.0. The maximum Gasteiger partial charge on any atom is 0.305 e. The molecule has 1 atom stereocenters. The van der Waals surface area contributed by atoms with E-state index in [4.69, 9.17) is 10.8 Å². The third-order valence-electron chi connectivity index (χ3n) is 3.36. The topological polar surface area (TPSA) is 83.6 Å². The molecule has 0 heterocycles. The Morgan fingerprint density at radius 1 is 1.24 bits per heavy atom. The van der Waals surface area contributed by atoms with Crippen LogP contribution in [-0.4, -0.2) is 40.5 Å². The zero-order valence-electron chi connectivity index (χ0n) is 12.9. The Bertz CT molecular complexity index is 480. The van der Waals surface area contributed by atoms with E-state index < -0.39 is 17.4 Å². The van der Waals surface area contributed by atoms with Crippen molar-refractivity contribution >= 4 is 11.9 Å². The van der Waals surface area contributed by atoms with Gasteiger partial charge in [-0.15, -0.1) is 0 Å². The van der Waals surface area contributed by atoms with Crippen LogP contribution >= 0.6 is 0 Å². The van der Waals surface area contributed by atoms with Crippen molar-refractivity contribution in [3.63, 3.8) is 0 Å². The number of nitrogens with two attached hydrogens (primary N) is 1. The van der Waals surface area contributed by atoms with Crippen LogP contribution < -0.4 is 5.73 Å². The second-order valence-corrected chi connectivity index (χ2v) is 6.00. The first-order chi connectivity index (χ1) is 9.77. The standard InChI is InChI=1S/C16H24N2O3/c1-16(2,3)18(10-9-14(19)20)15(21)13(11-17)12-7-5-4-6-8-12/h4-8,13H,9-11,17H2,1-3H3,(H,19,20). The number of carboxylic acid groups (broad SMARTS) is 1. The van der Waals surface area contributed by atoms with Gasteiger partial charge in [-0.1, -0.05) is 30.3 Å². The molecule has 1 unspecified atom stereocenters. The van der Waals surface area contributed by atoms with Gasteiger partial charge in [0.15, 0.2) is 0 Å². The van der Waals surface area contributed by atoms with Gasteiger partial charge in [-0.2, -0.15) is 0 Å². The van der Waals surface area contributed by atoms with Gasteiger partial charge in [-0.3, -0.25) is 9.59 Å². The summed E-state index contributed by atoms with van der Waals surface area (Å²) in [5.74, 6) is -1.49. The lowest BCUT2D eigenvalue weighted by molar-refractivity contribution is -0.141. The minimum absolute atomic E-state index is 0.0743. The second-order valence-electron chi connectivity index (χ2n) is 6.00. The molecule has 5 heteroatoms. The number of carbonyl (C=O) groups is 2. The van der Waals surface area contributed by atoms with Crippen LogP contribution in [0.15, 0.2) is 30.3 Å². The number of carboxylic acids is 1. The molecule has 0 bridgehead atoms. The van der Waals surface area contributed by atoms with Gasteiger partial charge in [-0.25, -0.2) is 0 Å². The molecule has 3 N–H and O–H groups in total. The van der Waals surface area contributed by atoms with E-state index in [2.05, 4.69) is 0 Å². The van der Waals surface area contributed by atoms with Crippen molar-refractivity contribution in [3.8, 4) is 0 Å². The lowest BCUT2D eigenvalue weighted by Crippen LogP contribution is -2.49. The molecular weight excluding hydrogens is 268 g/mol. The molecule has 0 spiro atoms. The predicted octanol–water partition coefficient (Wildman–Crippen LogP) is 1.83. The molecule has 0 radical (unpaired) electrons. The van der Waals surface area contributed by atoms with Gasteiger partial charge >= 0.3 is 5.97 Å². The highest BCUT2D eigenvalue weighted by atomic mass is 16.4. The van der Waals surface area contributed by atoms with Crippen molar-refractivity contribution < 1.29 is 14.7 Å². The molecule has 0 saturated heterocycles. The molecule has 1 amide bonds. The highest BCUT2D eigenvalue weighted by Crippen LogP contribution is 2.23. The van der Waals surface area contributed by atoms with E-state index in [1.54, 1.807) is 4.90 Å². The number of hydrogen-bond acceptors (Lipinski definition) is 3. The van der Waals surface area contributed by atoms with Crippen LogP contribution in [0.2, 0.25) is 0 Å². The van der Waals surface area contributed by atoms with Crippen molar-refractivity contribution in [2.75, 3.05) is 13.1 Å². The van der Waals surface area contributed by atoms with Crippen LogP contribution in [0.25, 0.3) is 0 Å². The van der Waals surface area contributed by atoms with E-state index in [1.165, 1.54) is 0 Å². The van der Waals surface area contributed by atoms with Gasteiger partial charge in [-0.05, 0) is 26.3 Å². The van der Waals surface area contributed by atoms with E-state index in [1.807, 2.05) is 51.1 Å². The molecule has 0 aliphatic rings. The summed E-state index contributed by atoms with van der Waals surface area (Å²) in [6.07, 6.45) is -0.0743. The van der Waals surface area contributed by atoms with Gasteiger partial charge in [0.05, 0.1) is 12.3 Å². The van der Waals surface area contributed by atoms with Crippen molar-refractivity contribution in [2.24, 2.45) is 5.73 Å². The Morgan fingerprint density at radius 3 is 2.24 bits per heavy atom. The number of carbonyl (C=O) groups excluding carboxylic acids is 1. The number of hydrogen-bond donors (Lipinski definition) is 2. The predicted molar refractivity (Wildman–Crippen MR) is 82.0 cm³/mol. The Hall–Kier alpha value is -1.88. The third-order valence-corrected chi connectivity index (χ3v) is 3.36. The number of nitrogens with zero attached hydrogens (tertiary/aromatic N) is 1. The Balaban J connectivity index is 3.00. The molecule has 0 saturated carbocycles. The summed E-state index contributed by atoms with van der Waals surface area (Å²) in [6, 6.07) is 9.35. The molecule has 0 aliphatic heterocycles. The van der Waals surface area contributed by atoms with E-state index in [9.17, 15) is 9.59 Å². The van der Waals surface area contributed by atoms with E-state index in [0.29, 0.717) is 0 Å². The highest BCUT2D eigenvalue weighted by molar-refractivity contribution is 5.85. The molecule has 0 aliphatic carbocycles. The number of aliphatic carboxylic acids is 1. The zero-order valence-corrected chi connectivity index (χ0v) is 12.9. The van der Waals surface area contributed by atoms with Crippen LogP contribution in [0.1, 0.15) is 38.7 Å². The molecule has 5 nitrogen and oxygen atoms in total. The summed E-state index contributed by atoms with van der Waals surface area (Å²) in [7, 11) is 0. The van der Waals surface area contributed by atoms with Crippen LogP contribution in [0.5, 0.6) is 0 Å². The summed E-state index contributed by atoms with van der Waals surface area (Å²) in [5.41, 5.74) is 6.19. The van der Waals surface area contributed by atoms with E-state index >= 15 is 0 Å². The molecule has 0 aromatic heterocycles. The van der Waals surface area contributed by atoms with Crippen molar-refractivity contribution in [1.82, 2.24) is 4.90 Å². The minimum atomic E-state index is -0.916. The second kappa shape index (κ2) is 7.22. The van der Waals surface area contributed by atoms with Crippen molar-refractivity contribution in [1.29, 1.82) is 0 Å². The Kier molecular flexibility index (Phi) is 5.90. The molecule has 0 fully saturated rings. The van der Waals surface area contributed by atoms with Gasteiger partial charge < -0.3 is 15.7 Å². The Morgan fingerprint density at radius 2 is 1.81 bits per heavy atom. The fourth-order valence-corrected chi connectivity index (χ4v) is 2.24. The summed E-state index contributed by atoms with van der Waals surface area (Å²) in [5, 5.41) is 8.86. The summed E-state index contributed by atoms with van der Waals surface area (Å²) in [4.78, 5) is 25.2. The molecule has 1 aromatic rings. The van der Waals surface area contributed by atoms with Gasteiger partial charge in [0.25, 0.3) is 0 Å². The van der Waals surface area contributed by atoms with Crippen LogP contribution in [-0.2, 0) is 9.59 Å². The SMILES string of the molecule is CC(C)(C)N(CCC(=O)O)C(=O)C(CN)c1ccccc1. The fraction of sp³-hybridized carbons (Fsp3) is 0.500. The molecule has 21 heavy (non-hydrogen) atoms. The summed E-state index contributed by atoms with van der Waals surface area (Å²) in [6.45, 7) is 6.06. The summed E-state index contributed by atoms with van der Waals surface area (Å²) >= 11 is 0. The smallest absolute Gasteiger partial charge is 0.305 e. The number of amides is 1. The number of rotatable bonds is 6. The van der Waals surface area contributed by atoms with Crippen LogP contribution in [0.3, 0.4) is 0 Å². The minimum Gasteiger partial charge on any atom is -0.481 e. The summed E-state index contributed by atoms with van der Waals surface area (Å²) < 4.78 is 0. The highest BCUT2D eigenvalue weighted by Gasteiger charge is 2.32. The van der Waals surface area contributed by atoms with Gasteiger partial charge in [0.2, 0.25) is 5.91 Å². The van der Waals surface area contributed by atoms with E-state index in [-0.39, 0.29) is 25.4 Å². The fourth-order valence-electron chi connectivity index (χ4n) is 2.24. The quantitative estimate of drug-likeness (QED) is 0.838. The van der Waals surface area contributed by atoms with Crippen molar-refractivity contribution in [3.05, 3.63) is 35.9 Å². The van der Waals surface area contributed by atoms with Crippen LogP contribution in [0.4, 0.5) is 0 Å². The third kappa shape index (κ3) is 4.86. The largest absolute Gasteiger partial charge is 0.481 e. The lowest BCUT2D eigenvalue weighted by Gasteiger charge is -2.37. The van der Waals surface area contributed by atoms with Gasteiger partial charge in [0, 0.05) is 18.6 Å². The first-order valence-electron chi connectivity index (χ1n) is 7.05. The molecule has 1 rings (SSSR count). The first kappa shape index (κ1) is 17.2. The maximum atomic E-state index is 12.8. The average molecular weight is 292 g/mol. The maximum absolute atomic E-state index is 12.8. The molecule has 1 aromatic carbocycles.